The van der Waals surface area contributed by atoms with Gasteiger partial charge in [-0.2, -0.15) is 5.10 Å². The maximum absolute atomic E-state index is 12.6. The monoisotopic (exact) mass is 593 g/mol. The van der Waals surface area contributed by atoms with E-state index in [0.717, 1.165) is 22.6 Å². The fraction of sp³-hybridized carbons (Fsp3) is 0.267. The van der Waals surface area contributed by atoms with Gasteiger partial charge < -0.3 is 29.4 Å². The highest BCUT2D eigenvalue weighted by Gasteiger charge is 2.32. The summed E-state index contributed by atoms with van der Waals surface area (Å²) in [7, 11) is 1.45. The van der Waals surface area contributed by atoms with Crippen LogP contribution in [-0.4, -0.2) is 49.0 Å². The molecule has 2 aromatic carbocycles. The van der Waals surface area contributed by atoms with Gasteiger partial charge in [0.25, 0.3) is 5.91 Å². The summed E-state index contributed by atoms with van der Waals surface area (Å²) in [5.41, 5.74) is 7.41. The molecule has 2 heterocycles. The molecule has 42 heavy (non-hydrogen) atoms. The van der Waals surface area contributed by atoms with Crippen molar-refractivity contribution < 1.29 is 28.6 Å². The number of nitrogens with one attached hydrogen (secondary N) is 3. The highest BCUT2D eigenvalue weighted by atomic mass is 35.5. The number of nitrogens with zero attached hydrogens (tertiary/aromatic N) is 2. The molecule has 3 aromatic rings. The normalized spacial score (nSPS) is 14.8. The van der Waals surface area contributed by atoms with E-state index in [1.165, 1.54) is 7.11 Å². The molecule has 11 nitrogen and oxygen atoms in total. The van der Waals surface area contributed by atoms with Gasteiger partial charge in [-0.15, -0.1) is 0 Å². The Morgan fingerprint density at radius 2 is 1.90 bits per heavy atom. The molecule has 0 radical (unpaired) electrons. The number of benzene rings is 2. The molecule has 0 saturated carbocycles. The zero-order valence-electron chi connectivity index (χ0n) is 23.9. The van der Waals surface area contributed by atoms with Crippen molar-refractivity contribution in [2.75, 3.05) is 20.3 Å². The standard InChI is InChI=1S/C30H32ClN5O6/c1-6-41-29(38)27-18(3)33-30(39)34-28(27)20-10-11-24(25(13-20)40-5)42-16-26(37)35-32-15-21-12-17(2)36(19(21)4)23-9-7-8-22(31)14-23/h7-15,28H,6,16H2,1-5H3,(H,35,37)(H2,33,34,39)/b32-15-/t28-/m0/s1. The molecule has 0 fully saturated rings. The lowest BCUT2D eigenvalue weighted by Crippen LogP contribution is -2.45. The predicted octanol–water partition coefficient (Wildman–Crippen LogP) is 4.48. The number of rotatable bonds is 10. The van der Waals surface area contributed by atoms with Crippen molar-refractivity contribution in [1.29, 1.82) is 0 Å². The Bertz CT molecular complexity index is 1580. The van der Waals surface area contributed by atoms with Crippen molar-refractivity contribution in [3.8, 4) is 17.2 Å². The number of hydrogen-bond donors (Lipinski definition) is 3. The molecular weight excluding hydrogens is 562 g/mol. The van der Waals surface area contributed by atoms with Crippen molar-refractivity contribution in [2.45, 2.75) is 33.7 Å². The molecule has 1 aromatic heterocycles. The summed E-state index contributed by atoms with van der Waals surface area (Å²) in [6.45, 7) is 7.13. The van der Waals surface area contributed by atoms with Crippen molar-refractivity contribution in [1.82, 2.24) is 20.6 Å². The minimum atomic E-state index is -0.765. The second-order valence-corrected chi connectivity index (χ2v) is 9.86. The van der Waals surface area contributed by atoms with Crippen LogP contribution < -0.4 is 25.5 Å². The van der Waals surface area contributed by atoms with Gasteiger partial charge in [-0.3, -0.25) is 4.79 Å². The number of ether oxygens (including phenoxy) is 3. The molecule has 12 heteroatoms. The van der Waals surface area contributed by atoms with E-state index in [1.807, 2.05) is 44.2 Å². The Labute approximate surface area is 248 Å². The molecule has 1 aliphatic rings. The number of methoxy groups -OCH3 is 1. The number of aryl methyl sites for hydroxylation is 1. The average molecular weight is 594 g/mol. The molecule has 1 aliphatic heterocycles. The van der Waals surface area contributed by atoms with Gasteiger partial charge in [-0.1, -0.05) is 23.7 Å². The second kappa shape index (κ2) is 13.3. The molecule has 0 aliphatic carbocycles. The Hall–Kier alpha value is -4.77. The summed E-state index contributed by atoms with van der Waals surface area (Å²) in [6, 6.07) is 13.2. The van der Waals surface area contributed by atoms with Crippen LogP contribution in [0, 0.1) is 13.8 Å². The average Bonchev–Trinajstić information content (AvgIpc) is 3.23. The highest BCUT2D eigenvalue weighted by molar-refractivity contribution is 6.30. The minimum absolute atomic E-state index is 0.188. The summed E-state index contributed by atoms with van der Waals surface area (Å²) >= 11 is 6.16. The van der Waals surface area contributed by atoms with Crippen molar-refractivity contribution >= 4 is 35.7 Å². The molecule has 3 amide bonds. The molecule has 0 unspecified atom stereocenters. The quantitative estimate of drug-likeness (QED) is 0.180. The SMILES string of the molecule is CCOC(=O)C1=C(C)NC(=O)N[C@H]1c1ccc(OCC(=O)N/N=C\c2cc(C)n(-c3cccc(Cl)c3)c2C)c(OC)c1. The zero-order chi connectivity index (χ0) is 30.4. The summed E-state index contributed by atoms with van der Waals surface area (Å²) in [5, 5.41) is 10.1. The van der Waals surface area contributed by atoms with Crippen molar-refractivity contribution in [3.63, 3.8) is 0 Å². The van der Waals surface area contributed by atoms with Gasteiger partial charge >= 0.3 is 12.0 Å². The first-order valence-electron chi connectivity index (χ1n) is 13.2. The molecule has 0 saturated heterocycles. The Balaban J connectivity index is 1.42. The number of esters is 1. The van der Waals surface area contributed by atoms with Gasteiger partial charge in [0.2, 0.25) is 0 Å². The third-order valence-corrected chi connectivity index (χ3v) is 6.81. The van der Waals surface area contributed by atoms with Crippen LogP contribution in [-0.2, 0) is 14.3 Å². The Kier molecular flexibility index (Phi) is 9.53. The lowest BCUT2D eigenvalue weighted by Gasteiger charge is -2.28. The van der Waals surface area contributed by atoms with E-state index in [2.05, 4.69) is 25.7 Å². The molecule has 0 bridgehead atoms. The van der Waals surface area contributed by atoms with Crippen LogP contribution >= 0.6 is 11.6 Å². The van der Waals surface area contributed by atoms with Crippen LogP contribution in [0.25, 0.3) is 5.69 Å². The van der Waals surface area contributed by atoms with Gasteiger partial charge in [-0.25, -0.2) is 15.0 Å². The van der Waals surface area contributed by atoms with Gasteiger partial charge in [0.15, 0.2) is 18.1 Å². The third kappa shape index (κ3) is 6.74. The van der Waals surface area contributed by atoms with E-state index < -0.39 is 23.9 Å². The first-order chi connectivity index (χ1) is 20.1. The van der Waals surface area contributed by atoms with Crippen LogP contribution in [0.5, 0.6) is 11.5 Å². The summed E-state index contributed by atoms with van der Waals surface area (Å²) in [5.74, 6) is -0.416. The molecule has 0 spiro atoms. The maximum Gasteiger partial charge on any atom is 0.338 e. The van der Waals surface area contributed by atoms with Gasteiger partial charge in [0.05, 0.1) is 31.5 Å². The van der Waals surface area contributed by atoms with E-state index in [9.17, 15) is 14.4 Å². The van der Waals surface area contributed by atoms with Crippen LogP contribution in [0.15, 0.2) is 64.9 Å². The topological polar surface area (TPSA) is 132 Å². The molecular formula is C30H32ClN5O6. The Morgan fingerprint density at radius 1 is 1.12 bits per heavy atom. The third-order valence-electron chi connectivity index (χ3n) is 6.57. The van der Waals surface area contributed by atoms with Crippen molar-refractivity contribution in [2.24, 2.45) is 5.10 Å². The highest BCUT2D eigenvalue weighted by Crippen LogP contribution is 2.34. The van der Waals surface area contributed by atoms with Crippen LogP contribution in [0.4, 0.5) is 4.79 Å². The fourth-order valence-corrected chi connectivity index (χ4v) is 4.87. The summed E-state index contributed by atoms with van der Waals surface area (Å²) in [4.78, 5) is 37.2. The van der Waals surface area contributed by atoms with Crippen LogP contribution in [0.1, 0.15) is 42.4 Å². The van der Waals surface area contributed by atoms with Crippen molar-refractivity contribution in [3.05, 3.63) is 87.3 Å². The van der Waals surface area contributed by atoms with Crippen LogP contribution in [0.3, 0.4) is 0 Å². The fourth-order valence-electron chi connectivity index (χ4n) is 4.69. The van der Waals surface area contributed by atoms with E-state index in [4.69, 9.17) is 25.8 Å². The van der Waals surface area contributed by atoms with E-state index in [0.29, 0.717) is 27.8 Å². The number of aromatic nitrogens is 1. The van der Waals surface area contributed by atoms with Gasteiger partial charge in [0.1, 0.15) is 0 Å². The number of hydrazone groups is 1. The largest absolute Gasteiger partial charge is 0.493 e. The lowest BCUT2D eigenvalue weighted by atomic mass is 9.95. The molecule has 220 valence electrons. The second-order valence-electron chi connectivity index (χ2n) is 9.42. The van der Waals surface area contributed by atoms with Crippen LogP contribution in [0.2, 0.25) is 5.02 Å². The minimum Gasteiger partial charge on any atom is -0.493 e. The lowest BCUT2D eigenvalue weighted by molar-refractivity contribution is -0.139. The Morgan fingerprint density at radius 3 is 2.62 bits per heavy atom. The summed E-state index contributed by atoms with van der Waals surface area (Å²) in [6.07, 6.45) is 1.57. The molecule has 4 rings (SSSR count). The van der Waals surface area contributed by atoms with E-state index >= 15 is 0 Å². The molecule has 3 N–H and O–H groups in total. The smallest absolute Gasteiger partial charge is 0.338 e. The van der Waals surface area contributed by atoms with E-state index in [1.54, 1.807) is 38.3 Å². The number of carbonyl (C=O) groups excluding carboxylic acids is 3. The maximum atomic E-state index is 12.6. The van der Waals surface area contributed by atoms with Gasteiger partial charge in [0, 0.05) is 33.4 Å². The number of allylic oxidation sites excluding steroid dienone is 1. The number of carbonyl (C=O) groups is 3. The number of halogens is 1. The number of amides is 3. The van der Waals surface area contributed by atoms with E-state index in [-0.39, 0.29) is 18.8 Å². The van der Waals surface area contributed by atoms with Gasteiger partial charge in [-0.05, 0) is 69.7 Å². The predicted molar refractivity (Wildman–Crippen MR) is 158 cm³/mol. The summed E-state index contributed by atoms with van der Waals surface area (Å²) < 4.78 is 18.4. The zero-order valence-corrected chi connectivity index (χ0v) is 24.7. The number of hydrogen-bond acceptors (Lipinski definition) is 7. The first kappa shape index (κ1) is 30.2. The first-order valence-corrected chi connectivity index (χ1v) is 13.5. The number of urea groups is 1. The molecule has 1 atom stereocenters.